The maximum Gasteiger partial charge on any atom is 0.0700 e. The highest BCUT2D eigenvalue weighted by Gasteiger charge is 2.23. The number of aromatic nitrogens is 2. The van der Waals surface area contributed by atoms with Gasteiger partial charge in [-0.05, 0) is 19.8 Å². The smallest absolute Gasteiger partial charge is 0.0700 e. The molecule has 0 radical (unpaired) electrons. The van der Waals surface area contributed by atoms with E-state index in [0.29, 0.717) is 12.1 Å². The summed E-state index contributed by atoms with van der Waals surface area (Å²) in [6, 6.07) is 0.495. The highest BCUT2D eigenvalue weighted by molar-refractivity contribution is 5.03. The fourth-order valence-electron chi connectivity index (χ4n) is 2.10. The van der Waals surface area contributed by atoms with Crippen LogP contribution in [0.3, 0.4) is 0 Å². The molecule has 1 aliphatic rings. The Morgan fingerprint density at radius 2 is 2.50 bits per heavy atom. The van der Waals surface area contributed by atoms with Gasteiger partial charge in [0.05, 0.1) is 12.3 Å². The van der Waals surface area contributed by atoms with Crippen LogP contribution in [0.25, 0.3) is 0 Å². The normalized spacial score (nSPS) is 25.1. The summed E-state index contributed by atoms with van der Waals surface area (Å²) >= 11 is 0. The Balaban J connectivity index is 1.80. The summed E-state index contributed by atoms with van der Waals surface area (Å²) in [5.74, 6) is 0. The van der Waals surface area contributed by atoms with E-state index in [1.807, 2.05) is 10.9 Å². The van der Waals surface area contributed by atoms with Crippen molar-refractivity contribution in [2.75, 3.05) is 6.61 Å². The topological polar surface area (TPSA) is 39.1 Å². The molecule has 2 unspecified atom stereocenters. The first kappa shape index (κ1) is 11.6. The van der Waals surface area contributed by atoms with Gasteiger partial charge in [0.2, 0.25) is 0 Å². The Labute approximate surface area is 97.0 Å². The maximum absolute atomic E-state index is 5.51. The van der Waals surface area contributed by atoms with Gasteiger partial charge in [-0.15, -0.1) is 0 Å². The fourth-order valence-corrected chi connectivity index (χ4v) is 2.10. The van der Waals surface area contributed by atoms with Crippen molar-refractivity contribution in [3.63, 3.8) is 0 Å². The molecular weight excluding hydrogens is 202 g/mol. The van der Waals surface area contributed by atoms with Crippen LogP contribution in [-0.4, -0.2) is 28.5 Å². The highest BCUT2D eigenvalue weighted by atomic mass is 16.5. The molecule has 1 N–H and O–H groups in total. The van der Waals surface area contributed by atoms with E-state index in [0.717, 1.165) is 32.5 Å². The van der Waals surface area contributed by atoms with Gasteiger partial charge in [-0.2, -0.15) is 5.10 Å². The van der Waals surface area contributed by atoms with Crippen molar-refractivity contribution in [1.82, 2.24) is 15.1 Å². The molecule has 0 amide bonds. The first-order valence-electron chi connectivity index (χ1n) is 6.16. The molecule has 2 rings (SSSR count). The van der Waals surface area contributed by atoms with E-state index in [1.165, 1.54) is 5.56 Å². The third-order valence-corrected chi connectivity index (χ3v) is 3.08. The minimum Gasteiger partial charge on any atom is -0.377 e. The molecule has 1 aromatic heterocycles. The van der Waals surface area contributed by atoms with E-state index < -0.39 is 0 Å². The van der Waals surface area contributed by atoms with Crippen molar-refractivity contribution in [3.8, 4) is 0 Å². The zero-order valence-electron chi connectivity index (χ0n) is 10.1. The van der Waals surface area contributed by atoms with Crippen molar-refractivity contribution in [1.29, 1.82) is 0 Å². The Morgan fingerprint density at radius 1 is 1.62 bits per heavy atom. The van der Waals surface area contributed by atoms with Gasteiger partial charge in [0.1, 0.15) is 0 Å². The lowest BCUT2D eigenvalue weighted by molar-refractivity contribution is 0.113. The molecule has 1 aromatic rings. The molecular formula is C12H21N3O. The van der Waals surface area contributed by atoms with Crippen molar-refractivity contribution >= 4 is 0 Å². The SMILES string of the molecule is CCCn1cc(CNC2CCOC2C)cn1. The second kappa shape index (κ2) is 5.46. The van der Waals surface area contributed by atoms with Crippen molar-refractivity contribution in [2.45, 2.75) is 51.9 Å². The van der Waals surface area contributed by atoms with Crippen LogP contribution in [0.5, 0.6) is 0 Å². The monoisotopic (exact) mass is 223 g/mol. The minimum absolute atomic E-state index is 0.339. The van der Waals surface area contributed by atoms with E-state index in [9.17, 15) is 0 Å². The summed E-state index contributed by atoms with van der Waals surface area (Å²) < 4.78 is 7.52. The first-order chi connectivity index (χ1) is 7.79. The van der Waals surface area contributed by atoms with Gasteiger partial charge < -0.3 is 10.1 Å². The number of nitrogens with zero attached hydrogens (tertiary/aromatic N) is 2. The quantitative estimate of drug-likeness (QED) is 0.823. The van der Waals surface area contributed by atoms with Crippen LogP contribution in [0, 0.1) is 0 Å². The molecule has 2 atom stereocenters. The Kier molecular flexibility index (Phi) is 3.96. The number of nitrogens with one attached hydrogen (secondary N) is 1. The molecule has 2 heterocycles. The largest absolute Gasteiger partial charge is 0.377 e. The molecule has 0 spiro atoms. The molecule has 1 saturated heterocycles. The molecule has 1 fully saturated rings. The Bertz CT molecular complexity index is 324. The third kappa shape index (κ3) is 2.83. The molecule has 0 aromatic carbocycles. The second-order valence-corrected chi connectivity index (χ2v) is 4.46. The Hall–Kier alpha value is -0.870. The van der Waals surface area contributed by atoms with E-state index in [-0.39, 0.29) is 0 Å². The summed E-state index contributed by atoms with van der Waals surface area (Å²) in [7, 11) is 0. The van der Waals surface area contributed by atoms with Crippen molar-refractivity contribution < 1.29 is 4.74 Å². The lowest BCUT2D eigenvalue weighted by Crippen LogP contribution is -2.34. The average Bonchev–Trinajstić information content (AvgIpc) is 2.86. The molecule has 0 saturated carbocycles. The molecule has 0 bridgehead atoms. The Morgan fingerprint density at radius 3 is 3.19 bits per heavy atom. The molecule has 1 aliphatic heterocycles. The van der Waals surface area contributed by atoms with Gasteiger partial charge in [-0.3, -0.25) is 4.68 Å². The van der Waals surface area contributed by atoms with Crippen LogP contribution in [0.15, 0.2) is 12.4 Å². The lowest BCUT2D eigenvalue weighted by atomic mass is 10.1. The molecule has 90 valence electrons. The highest BCUT2D eigenvalue weighted by Crippen LogP contribution is 2.13. The number of hydrogen-bond acceptors (Lipinski definition) is 3. The van der Waals surface area contributed by atoms with E-state index in [1.54, 1.807) is 0 Å². The van der Waals surface area contributed by atoms with E-state index in [4.69, 9.17) is 4.74 Å². The zero-order chi connectivity index (χ0) is 11.4. The van der Waals surface area contributed by atoms with Crippen molar-refractivity contribution in [3.05, 3.63) is 18.0 Å². The van der Waals surface area contributed by atoms with Crippen LogP contribution in [0.4, 0.5) is 0 Å². The van der Waals surface area contributed by atoms with Gasteiger partial charge >= 0.3 is 0 Å². The van der Waals surface area contributed by atoms with Gasteiger partial charge in [-0.25, -0.2) is 0 Å². The summed E-state index contributed by atoms with van der Waals surface area (Å²) in [6.45, 7) is 7.07. The van der Waals surface area contributed by atoms with E-state index >= 15 is 0 Å². The summed E-state index contributed by atoms with van der Waals surface area (Å²) in [4.78, 5) is 0. The van der Waals surface area contributed by atoms with Crippen molar-refractivity contribution in [2.24, 2.45) is 0 Å². The number of hydrogen-bond donors (Lipinski definition) is 1. The van der Waals surface area contributed by atoms with Crippen LogP contribution in [0.2, 0.25) is 0 Å². The number of rotatable bonds is 5. The molecule has 4 heteroatoms. The average molecular weight is 223 g/mol. The van der Waals surface area contributed by atoms with Gasteiger partial charge in [-0.1, -0.05) is 6.92 Å². The fraction of sp³-hybridized carbons (Fsp3) is 0.750. The third-order valence-electron chi connectivity index (χ3n) is 3.08. The van der Waals surface area contributed by atoms with Crippen LogP contribution in [-0.2, 0) is 17.8 Å². The second-order valence-electron chi connectivity index (χ2n) is 4.46. The molecule has 0 aliphatic carbocycles. The van der Waals surface area contributed by atoms with E-state index in [2.05, 4.69) is 30.5 Å². The van der Waals surface area contributed by atoms with Crippen LogP contribution >= 0.6 is 0 Å². The summed E-state index contributed by atoms with van der Waals surface area (Å²) in [6.07, 6.45) is 6.65. The molecule has 4 nitrogen and oxygen atoms in total. The van der Waals surface area contributed by atoms with Gasteiger partial charge in [0, 0.05) is 37.5 Å². The predicted octanol–water partition coefficient (Wildman–Crippen LogP) is 1.56. The molecule has 16 heavy (non-hydrogen) atoms. The van der Waals surface area contributed by atoms with Gasteiger partial charge in [0.25, 0.3) is 0 Å². The van der Waals surface area contributed by atoms with Gasteiger partial charge in [0.15, 0.2) is 0 Å². The zero-order valence-corrected chi connectivity index (χ0v) is 10.1. The lowest BCUT2D eigenvalue weighted by Gasteiger charge is -2.14. The standard InChI is InChI=1S/C12H21N3O/c1-3-5-15-9-11(8-14-15)7-13-12-4-6-16-10(12)2/h8-10,12-13H,3-7H2,1-2H3. The summed E-state index contributed by atoms with van der Waals surface area (Å²) in [5, 5.41) is 7.84. The number of ether oxygens (including phenoxy) is 1. The maximum atomic E-state index is 5.51. The minimum atomic E-state index is 0.339. The number of aryl methyl sites for hydroxylation is 1. The van der Waals surface area contributed by atoms with Crippen LogP contribution in [0.1, 0.15) is 32.3 Å². The summed E-state index contributed by atoms with van der Waals surface area (Å²) in [5.41, 5.74) is 1.26. The first-order valence-corrected chi connectivity index (χ1v) is 6.16. The van der Waals surface area contributed by atoms with Crippen LogP contribution < -0.4 is 5.32 Å². The predicted molar refractivity (Wildman–Crippen MR) is 63.2 cm³/mol.